The van der Waals surface area contributed by atoms with Crippen LogP contribution in [0, 0.1) is 0 Å². The SMILES string of the molecule is CCNc1cc(C(=O)N(C)CCc2cccs2)cc(Cl)n1. The highest BCUT2D eigenvalue weighted by Crippen LogP contribution is 2.16. The minimum absolute atomic E-state index is 0.0463. The molecule has 0 saturated carbocycles. The van der Waals surface area contributed by atoms with Gasteiger partial charge in [0.15, 0.2) is 0 Å². The third-order valence-electron chi connectivity index (χ3n) is 3.02. The first-order valence-corrected chi connectivity index (χ1v) is 8.05. The summed E-state index contributed by atoms with van der Waals surface area (Å²) in [5.74, 6) is 0.579. The highest BCUT2D eigenvalue weighted by Gasteiger charge is 2.14. The van der Waals surface area contributed by atoms with E-state index in [0.29, 0.717) is 23.1 Å². The summed E-state index contributed by atoms with van der Waals surface area (Å²) in [4.78, 5) is 19.5. The average molecular weight is 324 g/mol. The maximum atomic E-state index is 12.4. The highest BCUT2D eigenvalue weighted by molar-refractivity contribution is 7.09. The lowest BCUT2D eigenvalue weighted by atomic mass is 10.2. The van der Waals surface area contributed by atoms with Crippen LogP contribution in [0.5, 0.6) is 0 Å². The van der Waals surface area contributed by atoms with Gasteiger partial charge in [0, 0.05) is 30.6 Å². The molecule has 0 aromatic carbocycles. The van der Waals surface area contributed by atoms with Gasteiger partial charge in [-0.2, -0.15) is 0 Å². The first-order chi connectivity index (χ1) is 10.1. The fourth-order valence-electron chi connectivity index (χ4n) is 1.95. The van der Waals surface area contributed by atoms with Crippen LogP contribution in [0.3, 0.4) is 0 Å². The zero-order chi connectivity index (χ0) is 15.2. The molecule has 4 nitrogen and oxygen atoms in total. The van der Waals surface area contributed by atoms with E-state index in [1.165, 1.54) is 4.88 Å². The Bertz CT molecular complexity index is 601. The van der Waals surface area contributed by atoms with Crippen LogP contribution in [0.25, 0.3) is 0 Å². The number of halogens is 1. The number of carbonyl (C=O) groups is 1. The molecule has 0 atom stereocenters. The van der Waals surface area contributed by atoms with E-state index in [1.54, 1.807) is 35.4 Å². The fraction of sp³-hybridized carbons (Fsp3) is 0.333. The molecule has 0 spiro atoms. The number of hydrogen-bond acceptors (Lipinski definition) is 4. The van der Waals surface area contributed by atoms with Crippen molar-refractivity contribution in [2.24, 2.45) is 0 Å². The maximum Gasteiger partial charge on any atom is 0.253 e. The molecular weight excluding hydrogens is 306 g/mol. The normalized spacial score (nSPS) is 10.4. The van der Waals surface area contributed by atoms with Gasteiger partial charge in [0.1, 0.15) is 11.0 Å². The molecule has 2 aromatic rings. The van der Waals surface area contributed by atoms with Crippen molar-refractivity contribution in [1.82, 2.24) is 9.88 Å². The molecule has 6 heteroatoms. The van der Waals surface area contributed by atoms with Gasteiger partial charge in [-0.1, -0.05) is 17.7 Å². The number of carbonyl (C=O) groups excluding carboxylic acids is 1. The molecule has 2 rings (SSSR count). The van der Waals surface area contributed by atoms with Crippen molar-refractivity contribution in [1.29, 1.82) is 0 Å². The Morgan fingerprint density at radius 2 is 2.29 bits per heavy atom. The van der Waals surface area contributed by atoms with Gasteiger partial charge < -0.3 is 10.2 Å². The second-order valence-corrected chi connectivity index (χ2v) is 6.07. The van der Waals surface area contributed by atoms with E-state index in [-0.39, 0.29) is 5.91 Å². The van der Waals surface area contributed by atoms with E-state index >= 15 is 0 Å². The Morgan fingerprint density at radius 1 is 1.48 bits per heavy atom. The Kier molecular flexibility index (Phi) is 5.59. The van der Waals surface area contributed by atoms with Gasteiger partial charge in [0.2, 0.25) is 0 Å². The summed E-state index contributed by atoms with van der Waals surface area (Å²) in [5.41, 5.74) is 0.555. The van der Waals surface area contributed by atoms with E-state index in [1.807, 2.05) is 18.4 Å². The van der Waals surface area contributed by atoms with Crippen molar-refractivity contribution < 1.29 is 4.79 Å². The molecule has 0 fully saturated rings. The molecule has 1 N–H and O–H groups in total. The first-order valence-electron chi connectivity index (χ1n) is 6.79. The van der Waals surface area contributed by atoms with Gasteiger partial charge in [-0.3, -0.25) is 4.79 Å². The van der Waals surface area contributed by atoms with E-state index in [0.717, 1.165) is 13.0 Å². The Balaban J connectivity index is 2.04. The number of anilines is 1. The molecule has 21 heavy (non-hydrogen) atoms. The lowest BCUT2D eigenvalue weighted by Crippen LogP contribution is -2.28. The van der Waals surface area contributed by atoms with Gasteiger partial charge in [-0.05, 0) is 36.9 Å². The second-order valence-electron chi connectivity index (χ2n) is 4.65. The van der Waals surface area contributed by atoms with Crippen molar-refractivity contribution in [3.8, 4) is 0 Å². The van der Waals surface area contributed by atoms with Gasteiger partial charge >= 0.3 is 0 Å². The van der Waals surface area contributed by atoms with Gasteiger partial charge in [-0.15, -0.1) is 11.3 Å². The first kappa shape index (κ1) is 15.8. The number of nitrogens with zero attached hydrogens (tertiary/aromatic N) is 2. The summed E-state index contributed by atoms with van der Waals surface area (Å²) in [6, 6.07) is 7.44. The highest BCUT2D eigenvalue weighted by atomic mass is 35.5. The molecule has 0 bridgehead atoms. The topological polar surface area (TPSA) is 45.2 Å². The monoisotopic (exact) mass is 323 g/mol. The van der Waals surface area contributed by atoms with Crippen LogP contribution in [0.4, 0.5) is 5.82 Å². The Labute approximate surface area is 133 Å². The molecule has 2 heterocycles. The standard InChI is InChI=1S/C15H18ClN3OS/c1-3-17-14-10-11(9-13(16)18-14)15(20)19(2)7-6-12-5-4-8-21-12/h4-5,8-10H,3,6-7H2,1-2H3,(H,17,18). The predicted octanol–water partition coefficient (Wildman–Crippen LogP) is 3.54. The van der Waals surface area contributed by atoms with Crippen LogP contribution in [-0.4, -0.2) is 35.9 Å². The van der Waals surface area contributed by atoms with Crippen molar-refractivity contribution in [2.45, 2.75) is 13.3 Å². The fourth-order valence-corrected chi connectivity index (χ4v) is 2.85. The molecule has 0 saturated heterocycles. The number of aromatic nitrogens is 1. The predicted molar refractivity (Wildman–Crippen MR) is 88.4 cm³/mol. The van der Waals surface area contributed by atoms with Crippen LogP contribution in [0.15, 0.2) is 29.6 Å². The maximum absolute atomic E-state index is 12.4. The summed E-state index contributed by atoms with van der Waals surface area (Å²) < 4.78 is 0. The van der Waals surface area contributed by atoms with E-state index in [2.05, 4.69) is 16.4 Å². The van der Waals surface area contributed by atoms with Crippen LogP contribution >= 0.6 is 22.9 Å². The van der Waals surface area contributed by atoms with E-state index < -0.39 is 0 Å². The van der Waals surface area contributed by atoms with Gasteiger partial charge in [-0.25, -0.2) is 4.98 Å². The van der Waals surface area contributed by atoms with Crippen molar-refractivity contribution in [3.63, 3.8) is 0 Å². The summed E-state index contributed by atoms with van der Waals surface area (Å²) in [7, 11) is 1.80. The van der Waals surface area contributed by atoms with Crippen molar-refractivity contribution in [3.05, 3.63) is 45.2 Å². The molecule has 0 aliphatic carbocycles. The lowest BCUT2D eigenvalue weighted by molar-refractivity contribution is 0.0797. The summed E-state index contributed by atoms with van der Waals surface area (Å²) in [5, 5.41) is 5.44. The molecule has 1 amide bonds. The molecule has 112 valence electrons. The molecule has 0 aliphatic heterocycles. The zero-order valence-electron chi connectivity index (χ0n) is 12.1. The summed E-state index contributed by atoms with van der Waals surface area (Å²) in [6.45, 7) is 3.38. The number of nitrogens with one attached hydrogen (secondary N) is 1. The van der Waals surface area contributed by atoms with Crippen LogP contribution < -0.4 is 5.32 Å². The smallest absolute Gasteiger partial charge is 0.253 e. The van der Waals surface area contributed by atoms with Gasteiger partial charge in [0.25, 0.3) is 5.91 Å². The van der Waals surface area contributed by atoms with Crippen molar-refractivity contribution in [2.75, 3.05) is 25.5 Å². The third kappa shape index (κ3) is 4.44. The quantitative estimate of drug-likeness (QED) is 0.827. The van der Waals surface area contributed by atoms with Crippen LogP contribution in [0.1, 0.15) is 22.2 Å². The summed E-state index contributed by atoms with van der Waals surface area (Å²) >= 11 is 7.68. The third-order valence-corrected chi connectivity index (χ3v) is 4.15. The van der Waals surface area contributed by atoms with Gasteiger partial charge in [0.05, 0.1) is 0 Å². The van der Waals surface area contributed by atoms with Crippen LogP contribution in [-0.2, 0) is 6.42 Å². The number of thiophene rings is 1. The molecule has 0 radical (unpaired) electrons. The number of likely N-dealkylation sites (N-methyl/N-ethyl adjacent to an activating group) is 1. The Morgan fingerprint density at radius 3 is 2.95 bits per heavy atom. The van der Waals surface area contributed by atoms with Crippen LogP contribution in [0.2, 0.25) is 5.15 Å². The van der Waals surface area contributed by atoms with E-state index in [4.69, 9.17) is 11.6 Å². The number of amides is 1. The second kappa shape index (κ2) is 7.43. The van der Waals surface area contributed by atoms with E-state index in [9.17, 15) is 4.79 Å². The lowest BCUT2D eigenvalue weighted by Gasteiger charge is -2.17. The number of pyridine rings is 1. The Hall–Kier alpha value is -1.59. The minimum Gasteiger partial charge on any atom is -0.370 e. The minimum atomic E-state index is -0.0463. The number of hydrogen-bond donors (Lipinski definition) is 1. The molecule has 2 aromatic heterocycles. The molecule has 0 unspecified atom stereocenters. The molecular formula is C15H18ClN3OS. The summed E-state index contributed by atoms with van der Waals surface area (Å²) in [6.07, 6.45) is 0.860. The number of rotatable bonds is 6. The zero-order valence-corrected chi connectivity index (χ0v) is 13.7. The molecule has 0 aliphatic rings. The largest absolute Gasteiger partial charge is 0.370 e. The average Bonchev–Trinajstić information content (AvgIpc) is 2.97. The van der Waals surface area contributed by atoms with Crippen molar-refractivity contribution >= 4 is 34.7 Å².